The number of aromatic nitrogens is 1. The monoisotopic (exact) mass is 336 g/mol. The molecule has 5 heteroatoms. The van der Waals surface area contributed by atoms with Gasteiger partial charge < -0.3 is 14.6 Å². The summed E-state index contributed by atoms with van der Waals surface area (Å²) in [5, 5.41) is 3.66. The highest BCUT2D eigenvalue weighted by Gasteiger charge is 2.12. The van der Waals surface area contributed by atoms with Gasteiger partial charge in [-0.3, -0.25) is 9.59 Å². The molecular weight excluding hydrogens is 316 g/mol. The molecule has 0 unspecified atom stereocenters. The molecule has 1 amide bonds. The van der Waals surface area contributed by atoms with Gasteiger partial charge >= 0.3 is 0 Å². The fourth-order valence-corrected chi connectivity index (χ4v) is 2.86. The lowest BCUT2D eigenvalue weighted by atomic mass is 10.2. The summed E-state index contributed by atoms with van der Waals surface area (Å²) < 4.78 is 7.27. The van der Waals surface area contributed by atoms with Crippen LogP contribution in [0.15, 0.2) is 48.7 Å². The summed E-state index contributed by atoms with van der Waals surface area (Å²) in [7, 11) is 0. The quantitative estimate of drug-likeness (QED) is 0.697. The number of nitrogens with zero attached hydrogens (tertiary/aromatic N) is 1. The smallest absolute Gasteiger partial charge is 0.244 e. The molecule has 3 rings (SSSR count). The number of benzene rings is 2. The van der Waals surface area contributed by atoms with Crippen molar-refractivity contribution >= 4 is 28.8 Å². The SMILES string of the molecule is CCOc1ccc2c(c1)c(C=O)cn2CC(=O)Nc1cccc(C)c1. The molecule has 0 atom stereocenters. The Labute approximate surface area is 146 Å². The van der Waals surface area contributed by atoms with Crippen molar-refractivity contribution in [3.05, 3.63) is 59.8 Å². The fourth-order valence-electron chi connectivity index (χ4n) is 2.86. The van der Waals surface area contributed by atoms with Crippen LogP contribution in [0.4, 0.5) is 5.69 Å². The molecule has 25 heavy (non-hydrogen) atoms. The summed E-state index contributed by atoms with van der Waals surface area (Å²) in [4.78, 5) is 23.7. The van der Waals surface area contributed by atoms with Gasteiger partial charge in [0.05, 0.1) is 6.61 Å². The molecule has 3 aromatic rings. The number of carbonyl (C=O) groups is 2. The van der Waals surface area contributed by atoms with Gasteiger partial charge in [-0.1, -0.05) is 12.1 Å². The van der Waals surface area contributed by atoms with Crippen LogP contribution >= 0.6 is 0 Å². The van der Waals surface area contributed by atoms with Crippen molar-refractivity contribution in [3.63, 3.8) is 0 Å². The zero-order valence-corrected chi connectivity index (χ0v) is 14.3. The van der Waals surface area contributed by atoms with Gasteiger partial charge in [-0.15, -0.1) is 0 Å². The number of hydrogen-bond acceptors (Lipinski definition) is 3. The van der Waals surface area contributed by atoms with E-state index >= 15 is 0 Å². The van der Waals surface area contributed by atoms with E-state index in [2.05, 4.69) is 5.32 Å². The van der Waals surface area contributed by atoms with Crippen molar-refractivity contribution in [3.8, 4) is 5.75 Å². The second-order valence-electron chi connectivity index (χ2n) is 5.86. The zero-order valence-electron chi connectivity index (χ0n) is 14.3. The first-order valence-corrected chi connectivity index (χ1v) is 8.18. The Morgan fingerprint density at radius 3 is 2.80 bits per heavy atom. The minimum atomic E-state index is -0.145. The highest BCUT2D eigenvalue weighted by molar-refractivity contribution is 5.99. The molecule has 0 radical (unpaired) electrons. The second-order valence-corrected chi connectivity index (χ2v) is 5.86. The average Bonchev–Trinajstić information content (AvgIpc) is 2.92. The molecule has 0 aliphatic heterocycles. The molecule has 0 aliphatic carbocycles. The highest BCUT2D eigenvalue weighted by atomic mass is 16.5. The van der Waals surface area contributed by atoms with E-state index in [9.17, 15) is 9.59 Å². The molecule has 1 aromatic heterocycles. The number of nitrogens with one attached hydrogen (secondary N) is 1. The molecule has 0 saturated carbocycles. The van der Waals surface area contributed by atoms with Crippen molar-refractivity contribution < 1.29 is 14.3 Å². The predicted octanol–water partition coefficient (Wildman–Crippen LogP) is 3.80. The molecule has 1 N–H and O–H groups in total. The summed E-state index contributed by atoms with van der Waals surface area (Å²) in [5.74, 6) is 0.564. The zero-order chi connectivity index (χ0) is 17.8. The maximum Gasteiger partial charge on any atom is 0.244 e. The maximum atomic E-state index is 12.4. The molecule has 1 heterocycles. The molecular formula is C20H20N2O3. The van der Waals surface area contributed by atoms with Gasteiger partial charge in [-0.25, -0.2) is 0 Å². The summed E-state index contributed by atoms with van der Waals surface area (Å²) in [5.41, 5.74) is 3.21. The van der Waals surface area contributed by atoms with E-state index in [1.807, 2.05) is 56.3 Å². The van der Waals surface area contributed by atoms with Gasteiger partial charge in [0.2, 0.25) is 5.91 Å². The third-order valence-corrected chi connectivity index (χ3v) is 3.94. The average molecular weight is 336 g/mol. The Morgan fingerprint density at radius 2 is 2.08 bits per heavy atom. The number of carbonyl (C=O) groups excluding carboxylic acids is 2. The number of aldehydes is 1. The van der Waals surface area contributed by atoms with E-state index < -0.39 is 0 Å². The van der Waals surface area contributed by atoms with Crippen molar-refractivity contribution in [2.45, 2.75) is 20.4 Å². The maximum absolute atomic E-state index is 12.4. The Morgan fingerprint density at radius 1 is 1.24 bits per heavy atom. The lowest BCUT2D eigenvalue weighted by Crippen LogP contribution is -2.18. The van der Waals surface area contributed by atoms with Crippen LogP contribution in [0, 0.1) is 6.92 Å². The normalized spacial score (nSPS) is 10.6. The minimum absolute atomic E-state index is 0.131. The van der Waals surface area contributed by atoms with Crippen LogP contribution in [0.1, 0.15) is 22.8 Å². The predicted molar refractivity (Wildman–Crippen MR) is 98.3 cm³/mol. The van der Waals surface area contributed by atoms with E-state index in [4.69, 9.17) is 4.74 Å². The van der Waals surface area contributed by atoms with E-state index in [1.54, 1.807) is 10.8 Å². The van der Waals surface area contributed by atoms with Gasteiger partial charge in [0.1, 0.15) is 12.3 Å². The van der Waals surface area contributed by atoms with Crippen LogP contribution in [0.25, 0.3) is 10.9 Å². The van der Waals surface area contributed by atoms with Crippen molar-refractivity contribution in [1.82, 2.24) is 4.57 Å². The van der Waals surface area contributed by atoms with Crippen LogP contribution < -0.4 is 10.1 Å². The van der Waals surface area contributed by atoms with Gasteiger partial charge in [0.15, 0.2) is 6.29 Å². The molecule has 2 aromatic carbocycles. The van der Waals surface area contributed by atoms with Crippen LogP contribution in [0.3, 0.4) is 0 Å². The van der Waals surface area contributed by atoms with Crippen LogP contribution in [0.2, 0.25) is 0 Å². The number of anilines is 1. The Kier molecular flexibility index (Phi) is 4.84. The topological polar surface area (TPSA) is 60.3 Å². The van der Waals surface area contributed by atoms with Crippen molar-refractivity contribution in [2.75, 3.05) is 11.9 Å². The van der Waals surface area contributed by atoms with E-state index in [0.717, 1.165) is 28.4 Å². The molecule has 0 spiro atoms. The standard InChI is InChI=1S/C20H20N2O3/c1-3-25-17-7-8-19-18(10-17)15(13-23)11-22(19)12-20(24)21-16-6-4-5-14(2)9-16/h4-11,13H,3,12H2,1-2H3,(H,21,24). The highest BCUT2D eigenvalue weighted by Crippen LogP contribution is 2.25. The van der Waals surface area contributed by atoms with Gasteiger partial charge in [0.25, 0.3) is 0 Å². The Balaban J connectivity index is 1.85. The summed E-state index contributed by atoms with van der Waals surface area (Å²) >= 11 is 0. The first-order valence-electron chi connectivity index (χ1n) is 8.18. The van der Waals surface area contributed by atoms with Crippen molar-refractivity contribution in [2.24, 2.45) is 0 Å². The Bertz CT molecular complexity index is 928. The summed E-state index contributed by atoms with van der Waals surface area (Å²) in [6.45, 7) is 4.57. The number of ether oxygens (including phenoxy) is 1. The van der Waals surface area contributed by atoms with Gasteiger partial charge in [-0.2, -0.15) is 0 Å². The first kappa shape index (κ1) is 16.8. The number of aryl methyl sites for hydroxylation is 1. The fraction of sp³-hybridized carbons (Fsp3) is 0.200. The second kappa shape index (κ2) is 7.21. The van der Waals surface area contributed by atoms with Crippen LogP contribution in [0.5, 0.6) is 5.75 Å². The summed E-state index contributed by atoms with van der Waals surface area (Å²) in [6, 6.07) is 13.2. The largest absolute Gasteiger partial charge is 0.494 e. The first-order chi connectivity index (χ1) is 12.1. The van der Waals surface area contributed by atoms with E-state index in [1.165, 1.54) is 0 Å². The van der Waals surface area contributed by atoms with Crippen molar-refractivity contribution in [1.29, 1.82) is 0 Å². The molecule has 0 aliphatic rings. The molecule has 128 valence electrons. The molecule has 0 fully saturated rings. The number of amides is 1. The van der Waals surface area contributed by atoms with Crippen LogP contribution in [-0.2, 0) is 11.3 Å². The van der Waals surface area contributed by atoms with Gasteiger partial charge in [0, 0.05) is 28.4 Å². The lowest BCUT2D eigenvalue weighted by Gasteiger charge is -2.08. The Hall–Kier alpha value is -3.08. The number of fused-ring (bicyclic) bond motifs is 1. The number of hydrogen-bond donors (Lipinski definition) is 1. The van der Waals surface area contributed by atoms with Crippen LogP contribution in [-0.4, -0.2) is 23.4 Å². The third-order valence-electron chi connectivity index (χ3n) is 3.94. The van der Waals surface area contributed by atoms with E-state index in [-0.39, 0.29) is 12.5 Å². The molecule has 0 saturated heterocycles. The summed E-state index contributed by atoms with van der Waals surface area (Å²) in [6.07, 6.45) is 2.50. The minimum Gasteiger partial charge on any atom is -0.494 e. The molecule has 0 bridgehead atoms. The molecule has 5 nitrogen and oxygen atoms in total. The van der Waals surface area contributed by atoms with E-state index in [0.29, 0.717) is 17.9 Å². The third kappa shape index (κ3) is 3.71. The van der Waals surface area contributed by atoms with Gasteiger partial charge in [-0.05, 0) is 49.7 Å². The number of rotatable bonds is 6. The lowest BCUT2D eigenvalue weighted by molar-refractivity contribution is -0.116.